The smallest absolute Gasteiger partial charge is 0.303 e. The van der Waals surface area contributed by atoms with E-state index in [1.165, 1.54) is 0 Å². The molecule has 0 radical (unpaired) electrons. The number of hydrogen-bond donors (Lipinski definition) is 4. The Morgan fingerprint density at radius 2 is 1.94 bits per heavy atom. The van der Waals surface area contributed by atoms with Crippen molar-refractivity contribution >= 4 is 17.8 Å². The topological polar surface area (TPSA) is 136 Å². The zero-order valence-electron chi connectivity index (χ0n) is 9.81. The van der Waals surface area contributed by atoms with Crippen LogP contribution in [0.1, 0.15) is 32.6 Å². The van der Waals surface area contributed by atoms with E-state index < -0.39 is 23.8 Å². The fourth-order valence-electron chi connectivity index (χ4n) is 1.29. The lowest BCUT2D eigenvalue weighted by atomic mass is 10.1. The number of rotatable bonds is 8. The van der Waals surface area contributed by atoms with Crippen LogP contribution in [0.25, 0.3) is 0 Å². The first-order valence-electron chi connectivity index (χ1n) is 5.39. The molecular weight excluding hydrogens is 226 g/mol. The maximum Gasteiger partial charge on any atom is 0.303 e. The number of nitrogens with one attached hydrogen (secondary N) is 1. The predicted octanol–water partition coefficient (Wildman–Crippen LogP) is -1.05. The average Bonchev–Trinajstić information content (AvgIpc) is 2.15. The highest BCUT2D eigenvalue weighted by Gasteiger charge is 2.17. The number of carboxylic acid groups (broad SMARTS) is 1. The van der Waals surface area contributed by atoms with Crippen molar-refractivity contribution in [3.63, 3.8) is 0 Å². The van der Waals surface area contributed by atoms with Crippen LogP contribution in [0.2, 0.25) is 0 Å². The molecule has 0 aliphatic heterocycles. The summed E-state index contributed by atoms with van der Waals surface area (Å²) in [4.78, 5) is 32.2. The molecule has 0 rings (SSSR count). The van der Waals surface area contributed by atoms with Crippen LogP contribution in [0.15, 0.2) is 0 Å². The van der Waals surface area contributed by atoms with Gasteiger partial charge in [-0.2, -0.15) is 0 Å². The zero-order valence-corrected chi connectivity index (χ0v) is 9.81. The molecule has 7 heteroatoms. The van der Waals surface area contributed by atoms with Gasteiger partial charge in [-0.1, -0.05) is 0 Å². The van der Waals surface area contributed by atoms with E-state index in [-0.39, 0.29) is 18.9 Å². The number of nitrogens with two attached hydrogens (primary N) is 2. The van der Waals surface area contributed by atoms with E-state index in [2.05, 4.69) is 5.32 Å². The quantitative estimate of drug-likeness (QED) is 0.432. The Hall–Kier alpha value is -1.63. The van der Waals surface area contributed by atoms with Gasteiger partial charge in [-0.05, 0) is 19.8 Å². The second-order valence-electron chi connectivity index (χ2n) is 3.97. The van der Waals surface area contributed by atoms with Gasteiger partial charge in [-0.25, -0.2) is 0 Å². The van der Waals surface area contributed by atoms with Gasteiger partial charge in [0.15, 0.2) is 0 Å². The summed E-state index contributed by atoms with van der Waals surface area (Å²) in [5.41, 5.74) is 10.3. The first-order chi connectivity index (χ1) is 7.82. The first kappa shape index (κ1) is 15.4. The summed E-state index contributed by atoms with van der Waals surface area (Å²) in [6.07, 6.45) is 0.879. The van der Waals surface area contributed by atoms with Crippen molar-refractivity contribution in [1.29, 1.82) is 0 Å². The minimum Gasteiger partial charge on any atom is -0.481 e. The molecule has 0 spiro atoms. The number of carbonyl (C=O) groups excluding carboxylic acids is 2. The Bertz CT molecular complexity index is 293. The van der Waals surface area contributed by atoms with E-state index in [4.69, 9.17) is 16.6 Å². The lowest BCUT2D eigenvalue weighted by molar-refractivity contribution is -0.137. The zero-order chi connectivity index (χ0) is 13.4. The van der Waals surface area contributed by atoms with Crippen molar-refractivity contribution in [3.05, 3.63) is 0 Å². The van der Waals surface area contributed by atoms with Gasteiger partial charge in [0.25, 0.3) is 0 Å². The van der Waals surface area contributed by atoms with Crippen molar-refractivity contribution in [2.45, 2.75) is 44.7 Å². The van der Waals surface area contributed by atoms with E-state index in [9.17, 15) is 14.4 Å². The summed E-state index contributed by atoms with van der Waals surface area (Å²) < 4.78 is 0. The van der Waals surface area contributed by atoms with Crippen molar-refractivity contribution in [3.8, 4) is 0 Å². The number of aliphatic carboxylic acids is 1. The first-order valence-corrected chi connectivity index (χ1v) is 5.39. The molecule has 2 atom stereocenters. The van der Waals surface area contributed by atoms with Crippen molar-refractivity contribution < 1.29 is 19.5 Å². The molecule has 0 fully saturated rings. The molecule has 0 aliphatic carbocycles. The van der Waals surface area contributed by atoms with E-state index in [1.54, 1.807) is 6.92 Å². The third-order valence-corrected chi connectivity index (χ3v) is 2.17. The summed E-state index contributed by atoms with van der Waals surface area (Å²) in [6.45, 7) is 1.75. The Kier molecular flexibility index (Phi) is 6.88. The molecular formula is C10H19N3O4. The molecule has 0 saturated heterocycles. The van der Waals surface area contributed by atoms with Crippen LogP contribution >= 0.6 is 0 Å². The normalized spacial score (nSPS) is 13.8. The summed E-state index contributed by atoms with van der Waals surface area (Å²) in [6, 6.07) is -1.13. The minimum atomic E-state index is -0.950. The van der Waals surface area contributed by atoms with Crippen LogP contribution in [0.4, 0.5) is 0 Å². The molecule has 17 heavy (non-hydrogen) atoms. The van der Waals surface area contributed by atoms with Crippen LogP contribution in [-0.2, 0) is 14.4 Å². The van der Waals surface area contributed by atoms with Gasteiger partial charge in [-0.3, -0.25) is 14.4 Å². The van der Waals surface area contributed by atoms with E-state index in [0.717, 1.165) is 0 Å². The third-order valence-electron chi connectivity index (χ3n) is 2.17. The lowest BCUT2D eigenvalue weighted by Crippen LogP contribution is -2.46. The Morgan fingerprint density at radius 1 is 1.35 bits per heavy atom. The van der Waals surface area contributed by atoms with Gasteiger partial charge in [-0.15, -0.1) is 0 Å². The van der Waals surface area contributed by atoms with Crippen LogP contribution in [0, 0.1) is 0 Å². The van der Waals surface area contributed by atoms with Gasteiger partial charge in [0.1, 0.15) is 0 Å². The predicted molar refractivity (Wildman–Crippen MR) is 60.9 cm³/mol. The molecule has 7 nitrogen and oxygen atoms in total. The molecule has 2 amide bonds. The molecule has 2 unspecified atom stereocenters. The van der Waals surface area contributed by atoms with E-state index in [1.807, 2.05) is 0 Å². The molecule has 0 heterocycles. The number of hydrogen-bond acceptors (Lipinski definition) is 4. The Balaban J connectivity index is 3.86. The van der Waals surface area contributed by atoms with Gasteiger partial charge in [0.05, 0.1) is 12.5 Å². The molecule has 0 aromatic carbocycles. The van der Waals surface area contributed by atoms with E-state index >= 15 is 0 Å². The second kappa shape index (κ2) is 7.61. The highest BCUT2D eigenvalue weighted by atomic mass is 16.4. The summed E-state index contributed by atoms with van der Waals surface area (Å²) in [5, 5.41) is 11.0. The Morgan fingerprint density at radius 3 is 2.41 bits per heavy atom. The van der Waals surface area contributed by atoms with Gasteiger partial charge in [0, 0.05) is 12.5 Å². The highest BCUT2D eigenvalue weighted by molar-refractivity contribution is 5.87. The summed E-state index contributed by atoms with van der Waals surface area (Å²) in [5.74, 6) is -1.95. The maximum absolute atomic E-state index is 11.4. The third kappa shape index (κ3) is 8.21. The van der Waals surface area contributed by atoms with Crippen molar-refractivity contribution in [2.24, 2.45) is 11.5 Å². The molecule has 0 saturated carbocycles. The maximum atomic E-state index is 11.4. The summed E-state index contributed by atoms with van der Waals surface area (Å²) >= 11 is 0. The molecule has 0 aromatic rings. The monoisotopic (exact) mass is 245 g/mol. The van der Waals surface area contributed by atoms with Crippen LogP contribution in [0.5, 0.6) is 0 Å². The average molecular weight is 245 g/mol. The van der Waals surface area contributed by atoms with Crippen LogP contribution in [0.3, 0.4) is 0 Å². The molecule has 0 bridgehead atoms. The standard InChI is InChI=1S/C10H19N3O4/c1-6(3-2-4-9(15)16)13-10(17)7(11)5-8(12)14/h6-7H,2-5,11H2,1H3,(H2,12,14)(H,13,17)(H,15,16). The van der Waals surface area contributed by atoms with Crippen LogP contribution in [-0.4, -0.2) is 35.0 Å². The van der Waals surface area contributed by atoms with Crippen LogP contribution < -0.4 is 16.8 Å². The number of carbonyl (C=O) groups is 3. The molecule has 0 aliphatic rings. The van der Waals surface area contributed by atoms with Gasteiger partial charge in [0.2, 0.25) is 11.8 Å². The molecule has 98 valence electrons. The van der Waals surface area contributed by atoms with Crippen molar-refractivity contribution in [2.75, 3.05) is 0 Å². The lowest BCUT2D eigenvalue weighted by Gasteiger charge is -2.16. The SMILES string of the molecule is CC(CCCC(=O)O)NC(=O)C(N)CC(N)=O. The van der Waals surface area contributed by atoms with Crippen molar-refractivity contribution in [1.82, 2.24) is 5.32 Å². The summed E-state index contributed by atoms with van der Waals surface area (Å²) in [7, 11) is 0. The van der Waals surface area contributed by atoms with E-state index in [0.29, 0.717) is 12.8 Å². The largest absolute Gasteiger partial charge is 0.481 e. The Labute approximate surface area is 99.5 Å². The van der Waals surface area contributed by atoms with Gasteiger partial charge < -0.3 is 21.9 Å². The second-order valence-corrected chi connectivity index (χ2v) is 3.97. The highest BCUT2D eigenvalue weighted by Crippen LogP contribution is 2.01. The van der Waals surface area contributed by atoms with Gasteiger partial charge >= 0.3 is 5.97 Å². The number of amides is 2. The fourth-order valence-corrected chi connectivity index (χ4v) is 1.29. The number of primary amides is 1. The fraction of sp³-hybridized carbons (Fsp3) is 0.700. The molecule has 0 aromatic heterocycles. The minimum absolute atomic E-state index is 0.0630. The number of carboxylic acids is 1. The molecule has 6 N–H and O–H groups in total.